The van der Waals surface area contributed by atoms with Gasteiger partial charge in [-0.1, -0.05) is 0 Å². The molecule has 12 heteroatoms. The van der Waals surface area contributed by atoms with E-state index >= 15 is 0 Å². The Morgan fingerprint density at radius 1 is 0.864 bits per heavy atom. The van der Waals surface area contributed by atoms with Gasteiger partial charge in [-0.15, -0.1) is 0 Å². The van der Waals surface area contributed by atoms with Crippen LogP contribution in [0.2, 0.25) is 0 Å². The molecule has 0 aliphatic heterocycles. The second-order valence-electron chi connectivity index (χ2n) is 3.83. The smallest absolute Gasteiger partial charge is 0.288 e. The molecular formula is C10H10N6O6. The van der Waals surface area contributed by atoms with Crippen molar-refractivity contribution in [1.29, 1.82) is 0 Å². The van der Waals surface area contributed by atoms with E-state index in [0.29, 0.717) is 13.2 Å². The van der Waals surface area contributed by atoms with Crippen molar-refractivity contribution in [2.45, 2.75) is 13.8 Å². The van der Waals surface area contributed by atoms with Crippen LogP contribution in [-0.4, -0.2) is 39.0 Å². The van der Waals surface area contributed by atoms with Crippen LogP contribution in [0.5, 0.6) is 11.8 Å². The summed E-state index contributed by atoms with van der Waals surface area (Å²) in [5, 5.41) is 29.9. The van der Waals surface area contributed by atoms with Crippen LogP contribution in [0.3, 0.4) is 0 Å². The van der Waals surface area contributed by atoms with Gasteiger partial charge in [-0.25, -0.2) is 9.26 Å². The van der Waals surface area contributed by atoms with Crippen molar-refractivity contribution in [3.8, 4) is 34.5 Å². The van der Waals surface area contributed by atoms with Gasteiger partial charge in [0.15, 0.2) is 0 Å². The third kappa shape index (κ3) is 2.19. The summed E-state index contributed by atoms with van der Waals surface area (Å²) < 4.78 is 24.2. The summed E-state index contributed by atoms with van der Waals surface area (Å²) in [5.41, 5.74) is -0.00287. The monoisotopic (exact) mass is 310 g/mol. The molecule has 22 heavy (non-hydrogen) atoms. The van der Waals surface area contributed by atoms with Gasteiger partial charge in [0, 0.05) is 5.16 Å². The van der Waals surface area contributed by atoms with Crippen LogP contribution in [0.15, 0.2) is 13.9 Å². The van der Waals surface area contributed by atoms with Gasteiger partial charge < -0.3 is 14.7 Å². The molecule has 0 aliphatic rings. The van der Waals surface area contributed by atoms with Gasteiger partial charge in [-0.05, 0) is 39.4 Å². The number of nitrogens with zero attached hydrogens (tertiary/aromatic N) is 6. The minimum atomic E-state index is -0.110. The second kappa shape index (κ2) is 5.67. The number of hydrogen-bond donors (Lipinski definition) is 0. The highest BCUT2D eigenvalue weighted by molar-refractivity contribution is 5.75. The van der Waals surface area contributed by atoms with E-state index in [1.165, 1.54) is 0 Å². The molecule has 3 aromatic heterocycles. The Labute approximate surface area is 122 Å². The van der Waals surface area contributed by atoms with Crippen molar-refractivity contribution in [1.82, 2.24) is 25.8 Å². The van der Waals surface area contributed by atoms with Crippen LogP contribution in [0.4, 0.5) is 0 Å². The summed E-state index contributed by atoms with van der Waals surface area (Å²) in [4.78, 5) is 0.127. The summed E-state index contributed by atoms with van der Waals surface area (Å²) in [6.07, 6.45) is 0. The second-order valence-corrected chi connectivity index (χ2v) is 3.83. The molecule has 12 nitrogen and oxygen atoms in total. The van der Waals surface area contributed by atoms with Gasteiger partial charge in [-0.2, -0.15) is 0 Å². The van der Waals surface area contributed by atoms with Gasteiger partial charge in [-0.3, -0.25) is 4.63 Å². The summed E-state index contributed by atoms with van der Waals surface area (Å²) in [5.74, 6) is 0.0815. The molecule has 0 fully saturated rings. The lowest BCUT2D eigenvalue weighted by atomic mass is 10.2. The highest BCUT2D eigenvalue weighted by Gasteiger charge is 2.34. The Hall–Kier alpha value is -3.18. The molecule has 0 aromatic carbocycles. The maximum absolute atomic E-state index is 11.9. The fraction of sp³-hybridized carbons (Fsp3) is 0.400. The summed E-state index contributed by atoms with van der Waals surface area (Å²) >= 11 is 0. The van der Waals surface area contributed by atoms with Crippen LogP contribution < -0.4 is 14.4 Å². The Kier molecular flexibility index (Phi) is 3.55. The Bertz CT molecular complexity index is 764. The molecule has 0 N–H and O–H groups in total. The molecule has 3 heterocycles. The molecule has 0 unspecified atom stereocenters. The van der Waals surface area contributed by atoms with Crippen molar-refractivity contribution < 1.29 is 28.3 Å². The minimum Gasteiger partial charge on any atom is -0.474 e. The first-order chi connectivity index (χ1) is 10.8. The zero-order valence-corrected chi connectivity index (χ0v) is 11.5. The average Bonchev–Trinajstić information content (AvgIpc) is 3.20. The van der Waals surface area contributed by atoms with Gasteiger partial charge in [0.05, 0.1) is 13.2 Å². The first-order valence-electron chi connectivity index (χ1n) is 6.27. The summed E-state index contributed by atoms with van der Waals surface area (Å²) in [6, 6.07) is 0. The highest BCUT2D eigenvalue weighted by atomic mass is 16.8. The fourth-order valence-electron chi connectivity index (χ4n) is 1.72. The molecule has 0 saturated heterocycles. The van der Waals surface area contributed by atoms with Crippen molar-refractivity contribution >= 4 is 0 Å². The molecule has 0 saturated carbocycles. The van der Waals surface area contributed by atoms with Crippen LogP contribution in [0.25, 0.3) is 22.8 Å². The van der Waals surface area contributed by atoms with Gasteiger partial charge in [0.2, 0.25) is 11.4 Å². The van der Waals surface area contributed by atoms with E-state index in [-0.39, 0.29) is 39.4 Å². The van der Waals surface area contributed by atoms with E-state index in [2.05, 4.69) is 39.7 Å². The van der Waals surface area contributed by atoms with Crippen molar-refractivity contribution in [2.24, 2.45) is 0 Å². The molecule has 0 radical (unpaired) electrons. The van der Waals surface area contributed by atoms with Crippen LogP contribution in [0.1, 0.15) is 13.8 Å². The molecular weight excluding hydrogens is 300 g/mol. The molecule has 0 spiro atoms. The number of aromatic nitrogens is 6. The molecule has 3 aromatic rings. The average molecular weight is 310 g/mol. The van der Waals surface area contributed by atoms with Gasteiger partial charge >= 0.3 is 0 Å². The molecule has 0 aliphatic carbocycles. The first-order valence-corrected chi connectivity index (χ1v) is 6.27. The van der Waals surface area contributed by atoms with Crippen molar-refractivity contribution in [3.63, 3.8) is 0 Å². The molecule has 3 rings (SSSR count). The van der Waals surface area contributed by atoms with E-state index in [1.54, 1.807) is 13.8 Å². The fourth-order valence-corrected chi connectivity index (χ4v) is 1.72. The van der Waals surface area contributed by atoms with Crippen molar-refractivity contribution in [2.75, 3.05) is 13.2 Å². The molecule has 0 bridgehead atoms. The van der Waals surface area contributed by atoms with Gasteiger partial charge in [0.1, 0.15) is 0 Å². The lowest BCUT2D eigenvalue weighted by molar-refractivity contribution is -0.793. The predicted octanol–water partition coefficient (Wildman–Crippen LogP) is 0.205. The number of ether oxygens (including phenoxy) is 2. The topological polar surface area (TPSA) is 149 Å². The predicted molar refractivity (Wildman–Crippen MR) is 64.4 cm³/mol. The molecule has 0 amide bonds. The third-order valence-electron chi connectivity index (χ3n) is 2.54. The van der Waals surface area contributed by atoms with E-state index in [0.717, 1.165) is 0 Å². The largest absolute Gasteiger partial charge is 0.474 e. The number of hydrogen-bond acceptors (Lipinski definition) is 11. The molecule has 0 atom stereocenters. The van der Waals surface area contributed by atoms with E-state index in [1.807, 2.05) is 0 Å². The Balaban J connectivity index is 2.11. The zero-order chi connectivity index (χ0) is 15.5. The van der Waals surface area contributed by atoms with Crippen molar-refractivity contribution in [3.05, 3.63) is 5.21 Å². The lowest BCUT2D eigenvalue weighted by Gasteiger charge is -1.98. The van der Waals surface area contributed by atoms with Gasteiger partial charge in [0.25, 0.3) is 23.1 Å². The van der Waals surface area contributed by atoms with E-state index < -0.39 is 0 Å². The zero-order valence-electron chi connectivity index (χ0n) is 11.5. The standard InChI is InChI=1S/C10H10N6O6/c1-3-18-9-6(11-20-14-9)5-8(16(17)22-13-5)7-10(19-4-2)15-21-12-7/h3-4H2,1-2H3. The maximum Gasteiger partial charge on any atom is 0.288 e. The quantitative estimate of drug-likeness (QED) is 0.574. The highest BCUT2D eigenvalue weighted by Crippen LogP contribution is 2.34. The van der Waals surface area contributed by atoms with E-state index in [4.69, 9.17) is 9.47 Å². The maximum atomic E-state index is 11.9. The normalized spacial score (nSPS) is 10.8. The first kappa shape index (κ1) is 13.8. The Morgan fingerprint density at radius 2 is 1.45 bits per heavy atom. The minimum absolute atomic E-state index is 0.0105. The summed E-state index contributed by atoms with van der Waals surface area (Å²) in [7, 11) is 0. The van der Waals surface area contributed by atoms with Crippen LogP contribution in [0, 0.1) is 5.21 Å². The number of rotatable bonds is 6. The summed E-state index contributed by atoms with van der Waals surface area (Å²) in [6.45, 7) is 4.12. The Morgan fingerprint density at radius 3 is 2.09 bits per heavy atom. The van der Waals surface area contributed by atoms with Crippen LogP contribution >= 0.6 is 0 Å². The van der Waals surface area contributed by atoms with Crippen LogP contribution in [-0.2, 0) is 0 Å². The third-order valence-corrected chi connectivity index (χ3v) is 2.54. The van der Waals surface area contributed by atoms with E-state index in [9.17, 15) is 5.21 Å². The lowest BCUT2D eigenvalue weighted by Crippen LogP contribution is -2.25. The SMILES string of the molecule is CCOc1nonc1-c1no[n+]([O-])c1-c1nonc1OCC. The molecule has 116 valence electrons.